The summed E-state index contributed by atoms with van der Waals surface area (Å²) in [6, 6.07) is 1.61. The molecule has 2 aromatic rings. The van der Waals surface area contributed by atoms with Crippen LogP contribution in [-0.2, 0) is 11.8 Å². The number of halogens is 11. The summed E-state index contributed by atoms with van der Waals surface area (Å²) in [6.45, 7) is 0. The van der Waals surface area contributed by atoms with Crippen molar-refractivity contribution in [3.63, 3.8) is 0 Å². The van der Waals surface area contributed by atoms with Crippen LogP contribution in [0.5, 0.6) is 0 Å². The maximum absolute atomic E-state index is 14.2. The maximum atomic E-state index is 14.2. The Labute approximate surface area is 169 Å². The van der Waals surface area contributed by atoms with Gasteiger partial charge in [-0.1, -0.05) is 0 Å². The van der Waals surface area contributed by atoms with Gasteiger partial charge in [0.25, 0.3) is 5.91 Å². The summed E-state index contributed by atoms with van der Waals surface area (Å²) in [6.07, 6.45) is -16.6. The Balaban J connectivity index is 2.70. The van der Waals surface area contributed by atoms with Crippen LogP contribution >= 0.6 is 15.9 Å². The van der Waals surface area contributed by atoms with Gasteiger partial charge in [-0.25, -0.2) is 4.39 Å². The highest BCUT2D eigenvalue weighted by molar-refractivity contribution is 9.10. The summed E-state index contributed by atoms with van der Waals surface area (Å²) in [4.78, 5) is 15.6. The van der Waals surface area contributed by atoms with Gasteiger partial charge in [0.2, 0.25) is 0 Å². The van der Waals surface area contributed by atoms with Gasteiger partial charge in [0.15, 0.2) is 0 Å². The van der Waals surface area contributed by atoms with Crippen LogP contribution in [0.3, 0.4) is 0 Å². The van der Waals surface area contributed by atoms with Crippen molar-refractivity contribution in [1.82, 2.24) is 4.98 Å². The quantitative estimate of drug-likeness (QED) is 0.483. The van der Waals surface area contributed by atoms with Crippen LogP contribution in [0.4, 0.5) is 49.6 Å². The second-order valence-electron chi connectivity index (χ2n) is 5.73. The molecule has 0 atom stereocenters. The van der Waals surface area contributed by atoms with Crippen LogP contribution in [0.25, 0.3) is 0 Å². The lowest BCUT2D eigenvalue weighted by Crippen LogP contribution is -2.50. The summed E-state index contributed by atoms with van der Waals surface area (Å²) >= 11 is 2.39. The number of hydrogen-bond acceptors (Lipinski definition) is 2. The number of carbonyl (C=O) groups excluding carboxylic acids is 1. The fraction of sp³-hybridized carbons (Fsp3) is 0.250. The Morgan fingerprint density at radius 1 is 0.933 bits per heavy atom. The topological polar surface area (TPSA) is 42.0 Å². The SMILES string of the molecule is O=C(Nc1c(Br)cc(C(F)(C(F)(F)F)C(F)(F)F)cc1C(F)(F)F)c1cccnc1. The summed E-state index contributed by atoms with van der Waals surface area (Å²) in [5, 5.41) is 1.73. The zero-order chi connectivity index (χ0) is 23.1. The molecule has 0 saturated heterocycles. The van der Waals surface area contributed by atoms with E-state index in [9.17, 15) is 48.7 Å². The number of benzene rings is 1. The number of anilines is 1. The largest absolute Gasteiger partial charge is 0.435 e. The van der Waals surface area contributed by atoms with Crippen molar-refractivity contribution >= 4 is 27.5 Å². The summed E-state index contributed by atoms with van der Waals surface area (Å²) in [5.41, 5.74) is -12.0. The second kappa shape index (κ2) is 7.71. The Morgan fingerprint density at radius 2 is 1.50 bits per heavy atom. The second-order valence-corrected chi connectivity index (χ2v) is 6.58. The molecule has 1 heterocycles. The van der Waals surface area contributed by atoms with Gasteiger partial charge in [-0.3, -0.25) is 9.78 Å². The third kappa shape index (κ3) is 4.37. The summed E-state index contributed by atoms with van der Waals surface area (Å²) in [7, 11) is 0. The van der Waals surface area contributed by atoms with Gasteiger partial charge < -0.3 is 5.32 Å². The van der Waals surface area contributed by atoms with E-state index in [1.807, 2.05) is 0 Å². The molecule has 164 valence electrons. The third-order valence-electron chi connectivity index (χ3n) is 3.74. The van der Waals surface area contributed by atoms with Crippen LogP contribution in [0.1, 0.15) is 21.5 Å². The van der Waals surface area contributed by atoms with E-state index in [-0.39, 0.29) is 11.6 Å². The van der Waals surface area contributed by atoms with Crippen LogP contribution in [-0.4, -0.2) is 23.2 Å². The predicted octanol–water partition coefficient (Wildman–Crippen LogP) is 6.40. The molecule has 0 aliphatic heterocycles. The molecule has 0 radical (unpaired) electrons. The number of aromatic nitrogens is 1. The Kier molecular flexibility index (Phi) is 6.14. The highest BCUT2D eigenvalue weighted by atomic mass is 79.9. The molecule has 3 nitrogen and oxygen atoms in total. The normalized spacial score (nSPS) is 13.3. The molecular formula is C16H7BrF10N2O. The summed E-state index contributed by atoms with van der Waals surface area (Å²) in [5.74, 6) is -1.19. The number of pyridine rings is 1. The van der Waals surface area contributed by atoms with E-state index in [4.69, 9.17) is 0 Å². The first kappa shape index (κ1) is 23.9. The summed E-state index contributed by atoms with van der Waals surface area (Å²) < 4.78 is 131. The van der Waals surface area contributed by atoms with Gasteiger partial charge in [0.05, 0.1) is 16.8 Å². The van der Waals surface area contributed by atoms with Gasteiger partial charge in [-0.2, -0.15) is 39.5 Å². The highest BCUT2D eigenvalue weighted by Gasteiger charge is 2.73. The molecule has 0 aliphatic carbocycles. The fourth-order valence-corrected chi connectivity index (χ4v) is 2.89. The first-order valence-electron chi connectivity index (χ1n) is 7.45. The smallest absolute Gasteiger partial charge is 0.320 e. The lowest BCUT2D eigenvalue weighted by molar-refractivity contribution is -0.348. The lowest BCUT2D eigenvalue weighted by Gasteiger charge is -2.31. The molecule has 0 aliphatic rings. The number of amides is 1. The van der Waals surface area contributed by atoms with Crippen LogP contribution in [0, 0.1) is 0 Å². The molecule has 0 saturated carbocycles. The van der Waals surface area contributed by atoms with E-state index in [0.717, 1.165) is 12.3 Å². The molecule has 1 aromatic heterocycles. The predicted molar refractivity (Wildman–Crippen MR) is 86.2 cm³/mol. The van der Waals surface area contributed by atoms with Crippen molar-refractivity contribution in [2.24, 2.45) is 0 Å². The molecule has 30 heavy (non-hydrogen) atoms. The van der Waals surface area contributed by atoms with Gasteiger partial charge >= 0.3 is 24.2 Å². The zero-order valence-corrected chi connectivity index (χ0v) is 15.6. The number of alkyl halides is 10. The Morgan fingerprint density at radius 3 is 1.93 bits per heavy atom. The average Bonchev–Trinajstić information content (AvgIpc) is 2.60. The number of hydrogen-bond donors (Lipinski definition) is 1. The maximum Gasteiger partial charge on any atom is 0.435 e. The number of nitrogens with zero attached hydrogens (tertiary/aromatic N) is 1. The highest BCUT2D eigenvalue weighted by Crippen LogP contribution is 2.55. The van der Waals surface area contributed by atoms with E-state index in [2.05, 4.69) is 20.9 Å². The third-order valence-corrected chi connectivity index (χ3v) is 4.36. The van der Waals surface area contributed by atoms with Crippen molar-refractivity contribution in [3.8, 4) is 0 Å². The Hall–Kier alpha value is -2.38. The van der Waals surface area contributed by atoms with E-state index < -0.39 is 57.5 Å². The van der Waals surface area contributed by atoms with Crippen molar-refractivity contribution in [3.05, 3.63) is 57.8 Å². The standard InChI is InChI=1S/C16H7BrF10N2O/c17-10-5-8(13(18,15(22,23)24)16(25,26)27)4-9(14(19,20)21)11(10)29-12(30)7-2-1-3-28-6-7/h1-6H,(H,29,30). The van der Waals surface area contributed by atoms with E-state index >= 15 is 0 Å². The van der Waals surface area contributed by atoms with Crippen molar-refractivity contribution in [2.75, 3.05) is 5.32 Å². The number of nitrogens with one attached hydrogen (secondary N) is 1. The number of carbonyl (C=O) groups is 1. The number of rotatable bonds is 3. The molecular weight excluding hydrogens is 506 g/mol. The molecule has 1 aromatic carbocycles. The first-order valence-corrected chi connectivity index (χ1v) is 8.24. The average molecular weight is 513 g/mol. The van der Waals surface area contributed by atoms with Crippen LogP contribution < -0.4 is 5.32 Å². The van der Waals surface area contributed by atoms with E-state index in [1.165, 1.54) is 12.3 Å². The fourth-order valence-electron chi connectivity index (χ4n) is 2.33. The van der Waals surface area contributed by atoms with Gasteiger partial charge in [0, 0.05) is 22.4 Å². The lowest BCUT2D eigenvalue weighted by atomic mass is 9.92. The minimum Gasteiger partial charge on any atom is -0.320 e. The molecule has 2 rings (SSSR count). The molecule has 14 heteroatoms. The molecule has 0 bridgehead atoms. The molecule has 1 N–H and O–H groups in total. The first-order chi connectivity index (χ1) is 13.5. The minimum absolute atomic E-state index is 0.130. The molecule has 1 amide bonds. The van der Waals surface area contributed by atoms with Crippen molar-refractivity contribution in [2.45, 2.75) is 24.2 Å². The molecule has 0 spiro atoms. The van der Waals surface area contributed by atoms with E-state index in [1.54, 1.807) is 5.32 Å². The van der Waals surface area contributed by atoms with E-state index in [0.29, 0.717) is 0 Å². The monoisotopic (exact) mass is 512 g/mol. The molecule has 0 fully saturated rings. The molecule has 0 unspecified atom stereocenters. The van der Waals surface area contributed by atoms with Crippen LogP contribution in [0.2, 0.25) is 0 Å². The Bertz CT molecular complexity index is 924. The zero-order valence-electron chi connectivity index (χ0n) is 14.0. The van der Waals surface area contributed by atoms with Crippen LogP contribution in [0.15, 0.2) is 41.1 Å². The van der Waals surface area contributed by atoms with Gasteiger partial charge in [-0.15, -0.1) is 0 Å². The minimum atomic E-state index is -6.62. The van der Waals surface area contributed by atoms with Crippen molar-refractivity contribution < 1.29 is 48.7 Å². The van der Waals surface area contributed by atoms with Gasteiger partial charge in [-0.05, 0) is 40.2 Å². The van der Waals surface area contributed by atoms with Gasteiger partial charge in [0.1, 0.15) is 0 Å². The van der Waals surface area contributed by atoms with Crippen molar-refractivity contribution in [1.29, 1.82) is 0 Å².